The highest BCUT2D eigenvalue weighted by Gasteiger charge is 2.07. The van der Waals surface area contributed by atoms with Crippen molar-refractivity contribution in [2.75, 3.05) is 0 Å². The third-order valence-electron chi connectivity index (χ3n) is 1.62. The maximum atomic E-state index is 5.94. The molecule has 2 nitrogen and oxygen atoms in total. The van der Waals surface area contributed by atoms with Crippen LogP contribution in [0.1, 0.15) is 0 Å². The molecule has 4 heteroatoms. The van der Waals surface area contributed by atoms with Crippen molar-refractivity contribution >= 4 is 23.2 Å². The fourth-order valence-electron chi connectivity index (χ4n) is 1.04. The molecule has 13 heavy (non-hydrogen) atoms. The monoisotopic (exact) mass is 213 g/mol. The summed E-state index contributed by atoms with van der Waals surface area (Å²) in [5.74, 6) is 0.579. The first-order valence-electron chi connectivity index (χ1n) is 3.63. The summed E-state index contributed by atoms with van der Waals surface area (Å²) in [6.07, 6.45) is 1.55. The van der Waals surface area contributed by atoms with E-state index in [-0.39, 0.29) is 5.35 Å². The van der Waals surface area contributed by atoms with Gasteiger partial charge >= 0.3 is 0 Å². The Bertz CT molecular complexity index is 425. The third-order valence-corrected chi connectivity index (χ3v) is 2.12. The summed E-state index contributed by atoms with van der Waals surface area (Å²) in [5, 5.41) is 0.741. The minimum absolute atomic E-state index is 0.120. The van der Waals surface area contributed by atoms with Crippen LogP contribution in [0.5, 0.6) is 0 Å². The molecule has 1 aromatic heterocycles. The zero-order chi connectivity index (χ0) is 9.26. The molecule has 2 aromatic rings. The second kappa shape index (κ2) is 3.40. The zero-order valence-electron chi connectivity index (χ0n) is 6.50. The fraction of sp³-hybridized carbons (Fsp3) is 0. The summed E-state index contributed by atoms with van der Waals surface area (Å²) < 4.78 is 5.12. The topological polar surface area (TPSA) is 26.0 Å². The van der Waals surface area contributed by atoms with Crippen LogP contribution in [0.15, 0.2) is 34.9 Å². The van der Waals surface area contributed by atoms with Gasteiger partial charge in [0, 0.05) is 5.56 Å². The molecular formula is C9H5Cl2NO. The van der Waals surface area contributed by atoms with Crippen molar-refractivity contribution in [2.45, 2.75) is 0 Å². The van der Waals surface area contributed by atoms with E-state index in [1.54, 1.807) is 12.3 Å². The van der Waals surface area contributed by atoms with E-state index in [2.05, 4.69) is 4.98 Å². The summed E-state index contributed by atoms with van der Waals surface area (Å²) in [6, 6.07) is 7.36. The molecule has 66 valence electrons. The molecule has 0 saturated carbocycles. The van der Waals surface area contributed by atoms with Crippen molar-refractivity contribution in [3.8, 4) is 11.3 Å². The molecule has 1 aromatic carbocycles. The first-order valence-corrected chi connectivity index (χ1v) is 4.39. The molecule has 0 N–H and O–H groups in total. The van der Waals surface area contributed by atoms with Gasteiger partial charge in [0.1, 0.15) is 0 Å². The van der Waals surface area contributed by atoms with Crippen molar-refractivity contribution < 1.29 is 4.42 Å². The highest BCUT2D eigenvalue weighted by molar-refractivity contribution is 6.33. The molecule has 0 aliphatic carbocycles. The Morgan fingerprint density at radius 3 is 2.54 bits per heavy atom. The first kappa shape index (κ1) is 8.60. The summed E-state index contributed by atoms with van der Waals surface area (Å²) >= 11 is 11.5. The molecule has 2 rings (SSSR count). The lowest BCUT2D eigenvalue weighted by Gasteiger charge is -1.97. The Kier molecular flexibility index (Phi) is 2.25. The third kappa shape index (κ3) is 1.69. The van der Waals surface area contributed by atoms with Crippen LogP contribution in [0.3, 0.4) is 0 Å². The van der Waals surface area contributed by atoms with E-state index in [4.69, 9.17) is 27.6 Å². The van der Waals surface area contributed by atoms with Gasteiger partial charge < -0.3 is 4.42 Å². The number of halogens is 2. The molecule has 0 bridgehead atoms. The van der Waals surface area contributed by atoms with Crippen LogP contribution in [0.4, 0.5) is 0 Å². The predicted octanol–water partition coefficient (Wildman–Crippen LogP) is 3.65. The lowest BCUT2D eigenvalue weighted by Crippen LogP contribution is -1.74. The second-order valence-electron chi connectivity index (χ2n) is 2.46. The van der Waals surface area contributed by atoms with Crippen LogP contribution >= 0.6 is 23.2 Å². The largest absolute Gasteiger partial charge is 0.428 e. The number of hydrogen-bond donors (Lipinski definition) is 0. The van der Waals surface area contributed by atoms with Crippen LogP contribution in [-0.4, -0.2) is 4.98 Å². The average molecular weight is 214 g/mol. The summed E-state index contributed by atoms with van der Waals surface area (Å²) in [5.41, 5.74) is 0.795. The van der Waals surface area contributed by atoms with Gasteiger partial charge in [-0.3, -0.25) is 0 Å². The quantitative estimate of drug-likeness (QED) is 0.723. The highest BCUT2D eigenvalue weighted by Crippen LogP contribution is 2.28. The van der Waals surface area contributed by atoms with Crippen molar-refractivity contribution in [3.63, 3.8) is 0 Å². The molecule has 0 aliphatic rings. The van der Waals surface area contributed by atoms with Crippen molar-refractivity contribution in [2.24, 2.45) is 0 Å². The Morgan fingerprint density at radius 2 is 1.92 bits per heavy atom. The summed E-state index contributed by atoms with van der Waals surface area (Å²) in [7, 11) is 0. The molecule has 0 unspecified atom stereocenters. The maximum Gasteiger partial charge on any atom is 0.292 e. The molecule has 0 fully saturated rings. The van der Waals surface area contributed by atoms with Crippen molar-refractivity contribution in [1.29, 1.82) is 0 Å². The lowest BCUT2D eigenvalue weighted by molar-refractivity contribution is 0.574. The fourth-order valence-corrected chi connectivity index (χ4v) is 1.40. The standard InChI is InChI=1S/C9H5Cl2NO/c10-7-4-2-1-3-6(7)8-5-12-9(11)13-8/h1-5H. The summed E-state index contributed by atoms with van der Waals surface area (Å²) in [6.45, 7) is 0. The van der Waals surface area contributed by atoms with E-state index in [0.717, 1.165) is 5.56 Å². The molecule has 0 amide bonds. The number of rotatable bonds is 1. The van der Waals surface area contributed by atoms with E-state index in [9.17, 15) is 0 Å². The number of oxazole rings is 1. The molecule has 0 aliphatic heterocycles. The van der Waals surface area contributed by atoms with E-state index < -0.39 is 0 Å². The maximum absolute atomic E-state index is 5.94. The summed E-state index contributed by atoms with van der Waals surface area (Å²) in [4.78, 5) is 3.77. The van der Waals surface area contributed by atoms with E-state index in [1.807, 2.05) is 18.2 Å². The molecule has 0 saturated heterocycles. The molecule has 0 spiro atoms. The van der Waals surface area contributed by atoms with E-state index in [1.165, 1.54) is 0 Å². The van der Waals surface area contributed by atoms with Gasteiger partial charge in [-0.2, -0.15) is 0 Å². The predicted molar refractivity (Wildman–Crippen MR) is 52.0 cm³/mol. The van der Waals surface area contributed by atoms with Gasteiger partial charge in [0.05, 0.1) is 11.2 Å². The lowest BCUT2D eigenvalue weighted by atomic mass is 10.2. The Hall–Kier alpha value is -0.990. The first-order chi connectivity index (χ1) is 6.27. The van der Waals surface area contributed by atoms with Crippen LogP contribution in [-0.2, 0) is 0 Å². The highest BCUT2D eigenvalue weighted by atomic mass is 35.5. The number of benzene rings is 1. The zero-order valence-corrected chi connectivity index (χ0v) is 8.01. The van der Waals surface area contributed by atoms with Gasteiger partial charge in [-0.1, -0.05) is 23.7 Å². The molecule has 0 atom stereocenters. The smallest absolute Gasteiger partial charge is 0.292 e. The Labute approximate surface area is 85.1 Å². The van der Waals surface area contributed by atoms with Crippen LogP contribution in [0.2, 0.25) is 10.4 Å². The molecular weight excluding hydrogens is 209 g/mol. The number of aromatic nitrogens is 1. The Balaban J connectivity index is 2.52. The van der Waals surface area contributed by atoms with E-state index >= 15 is 0 Å². The number of hydrogen-bond acceptors (Lipinski definition) is 2. The normalized spacial score (nSPS) is 10.3. The van der Waals surface area contributed by atoms with Gasteiger partial charge in [-0.15, -0.1) is 0 Å². The van der Waals surface area contributed by atoms with Crippen molar-refractivity contribution in [1.82, 2.24) is 4.98 Å². The molecule has 1 heterocycles. The van der Waals surface area contributed by atoms with Gasteiger partial charge in [-0.25, -0.2) is 4.98 Å². The second-order valence-corrected chi connectivity index (χ2v) is 3.19. The van der Waals surface area contributed by atoms with Crippen LogP contribution in [0, 0.1) is 0 Å². The van der Waals surface area contributed by atoms with Gasteiger partial charge in [0.15, 0.2) is 5.76 Å². The van der Waals surface area contributed by atoms with Gasteiger partial charge in [0.2, 0.25) is 0 Å². The minimum atomic E-state index is 0.120. The van der Waals surface area contributed by atoms with Crippen LogP contribution in [0.25, 0.3) is 11.3 Å². The van der Waals surface area contributed by atoms with Gasteiger partial charge in [0.25, 0.3) is 5.35 Å². The van der Waals surface area contributed by atoms with E-state index in [0.29, 0.717) is 10.8 Å². The number of nitrogens with zero attached hydrogens (tertiary/aromatic N) is 1. The minimum Gasteiger partial charge on any atom is -0.428 e. The molecule has 0 radical (unpaired) electrons. The van der Waals surface area contributed by atoms with Gasteiger partial charge in [-0.05, 0) is 23.7 Å². The van der Waals surface area contributed by atoms with Crippen LogP contribution < -0.4 is 0 Å². The van der Waals surface area contributed by atoms with Crippen molar-refractivity contribution in [3.05, 3.63) is 40.8 Å². The Morgan fingerprint density at radius 1 is 1.15 bits per heavy atom. The average Bonchev–Trinajstić information content (AvgIpc) is 2.53. The SMILES string of the molecule is Clc1ncc(-c2ccccc2Cl)o1.